The van der Waals surface area contributed by atoms with E-state index in [2.05, 4.69) is 65.2 Å². The van der Waals surface area contributed by atoms with Crippen LogP contribution in [0.5, 0.6) is 0 Å². The molecule has 3 N–H and O–H groups in total. The average molecular weight is 1160 g/mol. The highest BCUT2D eigenvalue weighted by molar-refractivity contribution is 8.76. The van der Waals surface area contributed by atoms with Gasteiger partial charge in [0.25, 0.3) is 0 Å². The Morgan fingerprint density at radius 2 is 1.32 bits per heavy atom. The zero-order chi connectivity index (χ0) is 56.7. The predicted octanol–water partition coefficient (Wildman–Crippen LogP) is 16.4. The van der Waals surface area contributed by atoms with Gasteiger partial charge in [-0.1, -0.05) is 204 Å². The normalized spacial score (nSPS) is 25.2. The van der Waals surface area contributed by atoms with E-state index in [0.29, 0.717) is 36.3 Å². The molecule has 0 heterocycles. The Kier molecular flexibility index (Phi) is 33.6. The van der Waals surface area contributed by atoms with Crippen molar-refractivity contribution in [1.29, 1.82) is 0 Å². The lowest BCUT2D eigenvalue weighted by molar-refractivity contribution is -0.161. The predicted molar refractivity (Wildman–Crippen MR) is 320 cm³/mol. The summed E-state index contributed by atoms with van der Waals surface area (Å²) < 4.78 is 40.1. The molecule has 4 aliphatic carbocycles. The van der Waals surface area contributed by atoms with E-state index in [1.165, 1.54) is 132 Å². The van der Waals surface area contributed by atoms with Gasteiger partial charge in [-0.3, -0.25) is 23.4 Å². The summed E-state index contributed by atoms with van der Waals surface area (Å²) in [5.41, 5.74) is 2.21. The van der Waals surface area contributed by atoms with Crippen molar-refractivity contribution >= 4 is 53.3 Å². The van der Waals surface area contributed by atoms with Gasteiger partial charge in [0, 0.05) is 50.3 Å². The van der Waals surface area contributed by atoms with Gasteiger partial charge in [-0.15, -0.1) is 0 Å². The fourth-order valence-electron chi connectivity index (χ4n) is 13.8. The fraction of sp³-hybridized carbons (Fsp3) is 0.903. The van der Waals surface area contributed by atoms with Crippen molar-refractivity contribution in [3.63, 3.8) is 0 Å². The number of carbonyl (C=O) groups excluding carboxylic acids is 4. The van der Waals surface area contributed by atoms with E-state index in [1.54, 1.807) is 10.8 Å². The number of hydrogen-bond donors (Lipinski definition) is 3. The number of fused-ring (bicyclic) bond motifs is 5. The lowest BCUT2D eigenvalue weighted by atomic mass is 9.47. The first kappa shape index (κ1) is 68.7. The van der Waals surface area contributed by atoms with Crippen LogP contribution < -0.4 is 10.6 Å². The number of phosphoric acid groups is 1. The quantitative estimate of drug-likeness (QED) is 0.0131. The maximum absolute atomic E-state index is 12.9. The number of esters is 2. The van der Waals surface area contributed by atoms with Crippen molar-refractivity contribution in [2.24, 2.45) is 46.3 Å². The van der Waals surface area contributed by atoms with Crippen LogP contribution >= 0.6 is 29.4 Å². The van der Waals surface area contributed by atoms with Gasteiger partial charge in [0.2, 0.25) is 5.91 Å². The van der Waals surface area contributed by atoms with Crippen molar-refractivity contribution < 1.29 is 51.9 Å². The van der Waals surface area contributed by atoms with E-state index in [1.807, 2.05) is 0 Å². The Morgan fingerprint density at radius 3 is 1.97 bits per heavy atom. The third-order valence-electron chi connectivity index (χ3n) is 18.3. The summed E-state index contributed by atoms with van der Waals surface area (Å²) in [6.45, 7) is 16.2. The molecule has 3 fully saturated rings. The van der Waals surface area contributed by atoms with Crippen LogP contribution in [0.3, 0.4) is 0 Å². The summed E-state index contributed by atoms with van der Waals surface area (Å²) in [4.78, 5) is 61.1. The van der Waals surface area contributed by atoms with Gasteiger partial charge in [-0.2, -0.15) is 0 Å². The second-order valence-electron chi connectivity index (χ2n) is 24.8. The van der Waals surface area contributed by atoms with Crippen LogP contribution in [0, 0.1) is 46.3 Å². The Balaban J connectivity index is 1.06. The van der Waals surface area contributed by atoms with Crippen molar-refractivity contribution in [3.8, 4) is 0 Å². The summed E-state index contributed by atoms with van der Waals surface area (Å²) in [7, 11) is -1.49. The number of ether oxygens (including phenoxy) is 3. The smallest absolute Gasteiger partial charge is 0.462 e. The SMILES string of the molecule is CCCCCCCCCCCC(=O)OCC(COP(=O)(O)OCCNC(=O)CCSSCCNC(=O)O[C@H]1CC[C@@]2(C)C(=CC[C@H]3[C@@H]4CC[C@H]([C@H](C)CCCC(C)C)[C@@]4(C)CC[C@@H]32)C1)OC(=O)CCCCCCCCCCC. The van der Waals surface area contributed by atoms with E-state index in [9.17, 15) is 28.6 Å². The molecule has 0 spiro atoms. The van der Waals surface area contributed by atoms with Crippen LogP contribution in [0.15, 0.2) is 11.6 Å². The minimum Gasteiger partial charge on any atom is -0.462 e. The standard InChI is InChI=1S/C62H111N2O11PS2/c1-8-10-12-14-16-18-20-22-24-29-58(66)71-46-52(74-59(67)30-25-23-21-19-17-15-13-11-9-2)47-73-76(69,70)72-42-40-63-57(65)37-43-77-78-44-41-64-60(68)75-51-35-38-61(6)50(45-51)31-32-53-55-34-33-54(49(5)28-26-27-48(3)4)62(55,7)39-36-56(53)61/h31,48-49,51-56H,8-30,32-47H2,1-7H3,(H,63,65)(H,64,68)(H,69,70)/t49-,51+,52?,53+,54-,55+,56+,61+,62-/m1/s1. The van der Waals surface area contributed by atoms with Gasteiger partial charge in [0.05, 0.1) is 13.2 Å². The van der Waals surface area contributed by atoms with Crippen LogP contribution in [0.4, 0.5) is 4.79 Å². The maximum atomic E-state index is 12.9. The zero-order valence-electron chi connectivity index (χ0n) is 50.1. The molecule has 78 heavy (non-hydrogen) atoms. The molecule has 0 aromatic rings. The Labute approximate surface area is 482 Å². The Bertz CT molecular complexity index is 1810. The molecule has 452 valence electrons. The molecule has 0 aromatic carbocycles. The molecule has 0 radical (unpaired) electrons. The van der Waals surface area contributed by atoms with Crippen LogP contribution in [0.1, 0.15) is 254 Å². The molecule has 0 aromatic heterocycles. The molecule has 0 saturated heterocycles. The lowest BCUT2D eigenvalue weighted by Gasteiger charge is -2.58. The topological polar surface area (TPSA) is 176 Å². The van der Waals surface area contributed by atoms with E-state index < -0.39 is 32.5 Å². The van der Waals surface area contributed by atoms with E-state index >= 15 is 0 Å². The monoisotopic (exact) mass is 1150 g/mol. The van der Waals surface area contributed by atoms with Gasteiger partial charge in [0.1, 0.15) is 12.7 Å². The van der Waals surface area contributed by atoms with Crippen molar-refractivity contribution in [2.75, 3.05) is 44.4 Å². The van der Waals surface area contributed by atoms with Crippen LogP contribution in [-0.2, 0) is 42.2 Å². The van der Waals surface area contributed by atoms with Gasteiger partial charge < -0.3 is 29.7 Å². The van der Waals surface area contributed by atoms with Gasteiger partial charge >= 0.3 is 25.9 Å². The highest BCUT2D eigenvalue weighted by atomic mass is 33.1. The second kappa shape index (κ2) is 38.2. The lowest BCUT2D eigenvalue weighted by Crippen LogP contribution is -2.51. The molecule has 13 nitrogen and oxygen atoms in total. The van der Waals surface area contributed by atoms with Crippen molar-refractivity contribution in [2.45, 2.75) is 266 Å². The number of hydrogen-bond acceptors (Lipinski definition) is 12. The first-order valence-corrected chi connectivity index (χ1v) is 35.6. The van der Waals surface area contributed by atoms with Gasteiger partial charge in [-0.05, 0) is 104 Å². The van der Waals surface area contributed by atoms with E-state index in [0.717, 1.165) is 93.3 Å². The highest BCUT2D eigenvalue weighted by Crippen LogP contribution is 2.67. The van der Waals surface area contributed by atoms with Crippen LogP contribution in [-0.4, -0.2) is 85.5 Å². The highest BCUT2D eigenvalue weighted by Gasteiger charge is 2.59. The first-order valence-electron chi connectivity index (χ1n) is 31.6. The number of carbonyl (C=O) groups is 4. The number of phosphoric ester groups is 1. The maximum Gasteiger partial charge on any atom is 0.472 e. The van der Waals surface area contributed by atoms with E-state index in [4.69, 9.17) is 23.3 Å². The number of nitrogens with one attached hydrogen (secondary N) is 2. The van der Waals surface area contributed by atoms with E-state index in [-0.39, 0.29) is 62.5 Å². The Morgan fingerprint density at radius 1 is 0.692 bits per heavy atom. The second-order valence-corrected chi connectivity index (χ2v) is 28.9. The average Bonchev–Trinajstić information content (AvgIpc) is 3.98. The molecule has 16 heteroatoms. The number of unbranched alkanes of at least 4 members (excludes halogenated alkanes) is 16. The fourth-order valence-corrected chi connectivity index (χ4v) is 16.5. The molecule has 2 unspecified atom stereocenters. The number of alkyl carbamates (subject to hydrolysis) is 1. The Hall–Kier alpha value is -1.77. The molecular formula is C62H111N2O11PS2. The zero-order valence-corrected chi connectivity index (χ0v) is 52.6. The largest absolute Gasteiger partial charge is 0.472 e. The summed E-state index contributed by atoms with van der Waals surface area (Å²) in [5.74, 6) is 4.89. The van der Waals surface area contributed by atoms with Crippen molar-refractivity contribution in [1.82, 2.24) is 10.6 Å². The molecule has 10 atom stereocenters. The molecular weight excluding hydrogens is 1040 g/mol. The number of amides is 2. The third kappa shape index (κ3) is 25.4. The summed E-state index contributed by atoms with van der Waals surface area (Å²) in [5, 5.41) is 5.62. The molecule has 2 amide bonds. The van der Waals surface area contributed by atoms with Gasteiger partial charge in [0.15, 0.2) is 6.10 Å². The van der Waals surface area contributed by atoms with Crippen LogP contribution in [0.25, 0.3) is 0 Å². The van der Waals surface area contributed by atoms with Crippen molar-refractivity contribution in [3.05, 3.63) is 11.6 Å². The minimum absolute atomic E-state index is 0.0125. The first-order chi connectivity index (χ1) is 37.5. The van der Waals surface area contributed by atoms with Crippen LogP contribution in [0.2, 0.25) is 0 Å². The number of rotatable bonds is 43. The third-order valence-corrected chi connectivity index (χ3v) is 21.7. The summed E-state index contributed by atoms with van der Waals surface area (Å²) in [6, 6.07) is 0. The number of allylic oxidation sites excluding steroid dienone is 1. The molecule has 3 saturated carbocycles. The molecule has 0 bridgehead atoms. The summed E-state index contributed by atoms with van der Waals surface area (Å²) >= 11 is 0. The molecule has 4 rings (SSSR count). The van der Waals surface area contributed by atoms with Gasteiger partial charge in [-0.25, -0.2) is 9.36 Å². The molecule has 0 aliphatic heterocycles. The summed E-state index contributed by atoms with van der Waals surface area (Å²) in [6.07, 6.45) is 35.3. The molecule has 4 aliphatic rings. The minimum atomic E-state index is -4.59.